The zero-order valence-corrected chi connectivity index (χ0v) is 13.7. The molecule has 1 saturated heterocycles. The lowest BCUT2D eigenvalue weighted by molar-refractivity contribution is 0.278. The van der Waals surface area contributed by atoms with Crippen LogP contribution in [0, 0.1) is 5.92 Å². The molecule has 1 aliphatic rings. The van der Waals surface area contributed by atoms with Crippen molar-refractivity contribution in [2.75, 3.05) is 32.1 Å². The molecule has 1 aromatic heterocycles. The molecule has 0 bridgehead atoms. The second-order valence-corrected chi connectivity index (χ2v) is 7.60. The summed E-state index contributed by atoms with van der Waals surface area (Å²) in [7, 11) is 0.418. The molecule has 0 saturated carbocycles. The third-order valence-electron chi connectivity index (χ3n) is 3.69. The van der Waals surface area contributed by atoms with E-state index < -0.39 is 10.2 Å². The first-order chi connectivity index (χ1) is 9.88. The fraction of sp³-hybridized carbons (Fsp3) is 0.643. The third kappa shape index (κ3) is 4.39. The predicted molar refractivity (Wildman–Crippen MR) is 84.3 cm³/mol. The minimum absolute atomic E-state index is 0.288. The Balaban J connectivity index is 1.99. The van der Waals surface area contributed by atoms with Gasteiger partial charge in [0.1, 0.15) is 5.82 Å². The van der Waals surface area contributed by atoms with Crippen molar-refractivity contribution >= 4 is 16.0 Å². The number of piperidine rings is 1. The summed E-state index contributed by atoms with van der Waals surface area (Å²) in [5.41, 5.74) is 0.905. The molecule has 0 aromatic carbocycles. The second-order valence-electron chi connectivity index (χ2n) is 5.85. The van der Waals surface area contributed by atoms with Crippen LogP contribution in [0.15, 0.2) is 18.3 Å². The van der Waals surface area contributed by atoms with Crippen molar-refractivity contribution in [1.82, 2.24) is 14.0 Å². The highest BCUT2D eigenvalue weighted by Gasteiger charge is 2.26. The molecule has 0 amide bonds. The van der Waals surface area contributed by atoms with E-state index in [-0.39, 0.29) is 6.54 Å². The van der Waals surface area contributed by atoms with Crippen LogP contribution >= 0.6 is 0 Å². The highest BCUT2D eigenvalue weighted by molar-refractivity contribution is 7.87. The first kappa shape index (κ1) is 16.2. The lowest BCUT2D eigenvalue weighted by Crippen LogP contribution is -2.45. The number of rotatable bonds is 5. The van der Waals surface area contributed by atoms with Gasteiger partial charge >= 0.3 is 0 Å². The molecule has 2 heterocycles. The summed E-state index contributed by atoms with van der Waals surface area (Å²) in [5.74, 6) is 1.25. The maximum atomic E-state index is 12.3. The van der Waals surface area contributed by atoms with Gasteiger partial charge in [0.25, 0.3) is 10.2 Å². The van der Waals surface area contributed by atoms with Gasteiger partial charge < -0.3 is 4.90 Å². The monoisotopic (exact) mass is 312 g/mol. The van der Waals surface area contributed by atoms with E-state index in [1.807, 2.05) is 31.1 Å². The Labute approximate surface area is 127 Å². The van der Waals surface area contributed by atoms with Crippen LogP contribution in [-0.4, -0.2) is 44.9 Å². The van der Waals surface area contributed by atoms with Gasteiger partial charge in [-0.1, -0.05) is 6.92 Å². The average Bonchev–Trinajstić information content (AvgIpc) is 2.45. The van der Waals surface area contributed by atoms with Crippen LogP contribution in [-0.2, 0) is 16.8 Å². The molecule has 118 valence electrons. The van der Waals surface area contributed by atoms with Crippen molar-refractivity contribution in [1.29, 1.82) is 0 Å². The summed E-state index contributed by atoms with van der Waals surface area (Å²) in [6, 6.07) is 3.72. The van der Waals surface area contributed by atoms with Crippen LogP contribution in [0.1, 0.15) is 25.3 Å². The van der Waals surface area contributed by atoms with Gasteiger partial charge in [-0.3, -0.25) is 0 Å². The Morgan fingerprint density at radius 2 is 2.24 bits per heavy atom. The fourth-order valence-corrected chi connectivity index (χ4v) is 3.80. The van der Waals surface area contributed by atoms with E-state index in [4.69, 9.17) is 0 Å². The molecule has 1 atom stereocenters. The van der Waals surface area contributed by atoms with Crippen LogP contribution < -0.4 is 9.62 Å². The van der Waals surface area contributed by atoms with E-state index in [9.17, 15) is 8.42 Å². The van der Waals surface area contributed by atoms with Gasteiger partial charge in [-0.05, 0) is 36.5 Å². The maximum absolute atomic E-state index is 12.3. The lowest BCUT2D eigenvalue weighted by Gasteiger charge is -2.30. The highest BCUT2D eigenvalue weighted by Crippen LogP contribution is 2.18. The molecule has 1 aliphatic heterocycles. The molecule has 1 aromatic rings. The van der Waals surface area contributed by atoms with E-state index >= 15 is 0 Å². The summed E-state index contributed by atoms with van der Waals surface area (Å²) < 4.78 is 28.9. The first-order valence-corrected chi connectivity index (χ1v) is 8.69. The number of nitrogens with one attached hydrogen (secondary N) is 1. The topological polar surface area (TPSA) is 65.5 Å². The van der Waals surface area contributed by atoms with Crippen LogP contribution in [0.4, 0.5) is 5.82 Å². The fourth-order valence-electron chi connectivity index (χ4n) is 2.45. The number of hydrogen-bond donors (Lipinski definition) is 1. The predicted octanol–water partition coefficient (Wildman–Crippen LogP) is 1.21. The summed E-state index contributed by atoms with van der Waals surface area (Å²) in [6.07, 6.45) is 3.73. The molecule has 0 radical (unpaired) electrons. The Morgan fingerprint density at radius 1 is 1.48 bits per heavy atom. The summed E-state index contributed by atoms with van der Waals surface area (Å²) in [6.45, 7) is 3.60. The maximum Gasteiger partial charge on any atom is 0.279 e. The summed E-state index contributed by atoms with van der Waals surface area (Å²) in [5, 5.41) is 0. The van der Waals surface area contributed by atoms with Crippen molar-refractivity contribution in [3.05, 3.63) is 23.9 Å². The lowest BCUT2D eigenvalue weighted by atomic mass is 10.0. The van der Waals surface area contributed by atoms with Crippen LogP contribution in [0.2, 0.25) is 0 Å². The van der Waals surface area contributed by atoms with Gasteiger partial charge in [0.05, 0.1) is 0 Å². The Bertz CT molecular complexity index is 574. The molecule has 0 aliphatic carbocycles. The molecule has 6 nitrogen and oxygen atoms in total. The Morgan fingerprint density at radius 3 is 2.90 bits per heavy atom. The first-order valence-electron chi connectivity index (χ1n) is 7.25. The van der Waals surface area contributed by atoms with Crippen molar-refractivity contribution in [2.24, 2.45) is 5.92 Å². The number of nitrogens with zero attached hydrogens (tertiary/aromatic N) is 3. The summed E-state index contributed by atoms with van der Waals surface area (Å²) in [4.78, 5) is 6.11. The molecular formula is C14H24N4O2S. The largest absolute Gasteiger partial charge is 0.363 e. The molecule has 0 spiro atoms. The van der Waals surface area contributed by atoms with Gasteiger partial charge in [0.2, 0.25) is 0 Å². The number of anilines is 1. The van der Waals surface area contributed by atoms with Crippen molar-refractivity contribution in [3.63, 3.8) is 0 Å². The number of hydrogen-bond acceptors (Lipinski definition) is 4. The van der Waals surface area contributed by atoms with E-state index in [2.05, 4.69) is 16.6 Å². The quantitative estimate of drug-likeness (QED) is 0.887. The van der Waals surface area contributed by atoms with E-state index in [1.54, 1.807) is 10.5 Å². The zero-order valence-electron chi connectivity index (χ0n) is 12.9. The van der Waals surface area contributed by atoms with Crippen LogP contribution in [0.25, 0.3) is 0 Å². The molecule has 1 fully saturated rings. The SMILES string of the molecule is CC1CCCN(S(=O)(=O)NCc2ccnc(N(C)C)c2)C1. The summed E-state index contributed by atoms with van der Waals surface area (Å²) >= 11 is 0. The van der Waals surface area contributed by atoms with E-state index in [0.717, 1.165) is 24.2 Å². The van der Waals surface area contributed by atoms with Crippen molar-refractivity contribution < 1.29 is 8.42 Å². The molecule has 1 unspecified atom stereocenters. The Kier molecular flexibility index (Phi) is 5.18. The molecule has 2 rings (SSSR count). The van der Waals surface area contributed by atoms with Gasteiger partial charge in [-0.25, -0.2) is 4.98 Å². The molecule has 7 heteroatoms. The van der Waals surface area contributed by atoms with E-state index in [0.29, 0.717) is 19.0 Å². The number of aromatic nitrogens is 1. The van der Waals surface area contributed by atoms with Crippen molar-refractivity contribution in [3.8, 4) is 0 Å². The van der Waals surface area contributed by atoms with Crippen LogP contribution in [0.5, 0.6) is 0 Å². The van der Waals surface area contributed by atoms with Crippen molar-refractivity contribution in [2.45, 2.75) is 26.3 Å². The molecular weight excluding hydrogens is 288 g/mol. The van der Waals surface area contributed by atoms with E-state index in [1.165, 1.54) is 0 Å². The van der Waals surface area contributed by atoms with Crippen LogP contribution in [0.3, 0.4) is 0 Å². The Hall–Kier alpha value is -1.18. The minimum atomic E-state index is -3.40. The minimum Gasteiger partial charge on any atom is -0.363 e. The van der Waals surface area contributed by atoms with Gasteiger partial charge in [0, 0.05) is 39.9 Å². The third-order valence-corrected chi connectivity index (χ3v) is 5.21. The standard InChI is InChI=1S/C14H24N4O2S/c1-12-5-4-8-18(11-12)21(19,20)16-10-13-6-7-15-14(9-13)17(2)3/h6-7,9,12,16H,4-5,8,10-11H2,1-3H3. The normalized spacial score (nSPS) is 20.4. The van der Waals surface area contributed by atoms with Gasteiger partial charge in [0.15, 0.2) is 0 Å². The number of pyridine rings is 1. The molecule has 21 heavy (non-hydrogen) atoms. The van der Waals surface area contributed by atoms with Gasteiger partial charge in [-0.15, -0.1) is 0 Å². The average molecular weight is 312 g/mol. The second kappa shape index (κ2) is 6.72. The highest BCUT2D eigenvalue weighted by atomic mass is 32.2. The van der Waals surface area contributed by atoms with Gasteiger partial charge in [-0.2, -0.15) is 17.4 Å². The zero-order chi connectivity index (χ0) is 15.5. The molecule has 1 N–H and O–H groups in total. The smallest absolute Gasteiger partial charge is 0.279 e.